The maximum Gasteiger partial charge on any atom is 0.135 e. The van der Waals surface area contributed by atoms with Gasteiger partial charge in [-0.15, -0.1) is 0 Å². The fourth-order valence-corrected chi connectivity index (χ4v) is 4.97. The van der Waals surface area contributed by atoms with Crippen LogP contribution in [0.4, 0.5) is 0 Å². The van der Waals surface area contributed by atoms with Crippen LogP contribution in [0.25, 0.3) is 0 Å². The third kappa shape index (κ3) is 2.85. The van der Waals surface area contributed by atoms with E-state index in [2.05, 4.69) is 15.0 Å². The quantitative estimate of drug-likeness (QED) is 0.481. The SMILES string of the molecule is O=[S@@]1c2cccc(n2)Sc2cccc(n2)[S@](=O)c2cccc1n2. The van der Waals surface area contributed by atoms with Crippen molar-refractivity contribution in [3.05, 3.63) is 54.6 Å². The summed E-state index contributed by atoms with van der Waals surface area (Å²) in [6.07, 6.45) is 0. The van der Waals surface area contributed by atoms with E-state index in [-0.39, 0.29) is 0 Å². The highest BCUT2D eigenvalue weighted by Gasteiger charge is 2.17. The molecule has 1 aliphatic rings. The number of aromatic nitrogens is 3. The lowest BCUT2D eigenvalue weighted by atomic mass is 10.5. The van der Waals surface area contributed by atoms with Crippen molar-refractivity contribution in [3.63, 3.8) is 0 Å². The van der Waals surface area contributed by atoms with Crippen molar-refractivity contribution in [2.75, 3.05) is 0 Å². The molecule has 0 amide bonds. The summed E-state index contributed by atoms with van der Waals surface area (Å²) in [5.41, 5.74) is 0. The molecule has 0 saturated carbocycles. The first-order chi connectivity index (χ1) is 11.2. The molecule has 0 N–H and O–H groups in total. The lowest BCUT2D eigenvalue weighted by Crippen LogP contribution is -2.05. The van der Waals surface area contributed by atoms with Crippen molar-refractivity contribution in [1.29, 1.82) is 0 Å². The van der Waals surface area contributed by atoms with Crippen LogP contribution in [0.3, 0.4) is 0 Å². The monoisotopic (exact) mass is 359 g/mol. The molecule has 4 heterocycles. The van der Waals surface area contributed by atoms with Gasteiger partial charge in [0.15, 0.2) is 0 Å². The molecule has 0 saturated heterocycles. The highest BCUT2D eigenvalue weighted by molar-refractivity contribution is 7.99. The van der Waals surface area contributed by atoms with Gasteiger partial charge in [0.05, 0.1) is 0 Å². The van der Waals surface area contributed by atoms with Gasteiger partial charge in [0.2, 0.25) is 0 Å². The predicted octanol–water partition coefficient (Wildman–Crippen LogP) is 2.67. The molecule has 0 aromatic carbocycles. The summed E-state index contributed by atoms with van der Waals surface area (Å²) in [7, 11) is -3.03. The predicted molar refractivity (Wildman–Crippen MR) is 86.2 cm³/mol. The Hall–Kier alpha value is -1.90. The standard InChI is InChI=1S/C15H9N3O2S3/c19-22-12-6-1-4-10(16-12)21-11-5-2-7-13(17-11)23(20)15-9-3-8-14(22)18-15/h1-9H/t22-,23+. The summed E-state index contributed by atoms with van der Waals surface area (Å²) < 4.78 is 25.3. The molecule has 1 aliphatic heterocycles. The molecule has 6 bridgehead atoms. The minimum Gasteiger partial charge on any atom is -0.246 e. The van der Waals surface area contributed by atoms with E-state index in [1.165, 1.54) is 11.8 Å². The average molecular weight is 359 g/mol. The zero-order valence-corrected chi connectivity index (χ0v) is 14.0. The van der Waals surface area contributed by atoms with Gasteiger partial charge in [0.1, 0.15) is 51.8 Å². The Morgan fingerprint density at radius 3 is 1.48 bits per heavy atom. The van der Waals surface area contributed by atoms with Crippen molar-refractivity contribution in [1.82, 2.24) is 15.0 Å². The molecule has 0 spiro atoms. The van der Waals surface area contributed by atoms with E-state index in [4.69, 9.17) is 0 Å². The summed E-state index contributed by atoms with van der Waals surface area (Å²) in [6.45, 7) is 0. The summed E-state index contributed by atoms with van der Waals surface area (Å²) in [4.78, 5) is 13.1. The molecule has 2 atom stereocenters. The lowest BCUT2D eigenvalue weighted by molar-refractivity contribution is 0.669. The fourth-order valence-electron chi connectivity index (χ4n) is 2.04. The zero-order chi connectivity index (χ0) is 15.8. The second kappa shape index (κ2) is 5.95. The molecule has 3 aromatic rings. The Bertz CT molecular complexity index is 889. The molecule has 0 fully saturated rings. The maximum atomic E-state index is 12.7. The van der Waals surface area contributed by atoms with E-state index in [1.54, 1.807) is 42.5 Å². The van der Waals surface area contributed by atoms with E-state index in [9.17, 15) is 8.42 Å². The minimum atomic E-state index is -1.52. The van der Waals surface area contributed by atoms with Gasteiger partial charge < -0.3 is 0 Å². The summed E-state index contributed by atoms with van der Waals surface area (Å²) in [6, 6.07) is 15.6. The highest BCUT2D eigenvalue weighted by Crippen LogP contribution is 2.28. The van der Waals surface area contributed by atoms with Crippen molar-refractivity contribution < 1.29 is 8.42 Å². The van der Waals surface area contributed by atoms with Gasteiger partial charge in [-0.3, -0.25) is 0 Å². The van der Waals surface area contributed by atoms with Gasteiger partial charge in [0.25, 0.3) is 0 Å². The summed E-state index contributed by atoms with van der Waals surface area (Å²) >= 11 is 1.34. The number of pyridine rings is 3. The molecule has 8 heteroatoms. The van der Waals surface area contributed by atoms with Crippen molar-refractivity contribution in [3.8, 4) is 0 Å². The Balaban J connectivity index is 1.98. The normalized spacial score (nSPS) is 19.5. The van der Waals surface area contributed by atoms with Crippen LogP contribution in [-0.4, -0.2) is 23.4 Å². The summed E-state index contributed by atoms with van der Waals surface area (Å²) in [5.74, 6) is 0. The molecule has 4 rings (SSSR count). The van der Waals surface area contributed by atoms with Crippen LogP contribution in [-0.2, 0) is 21.6 Å². The van der Waals surface area contributed by atoms with Crippen LogP contribution >= 0.6 is 11.8 Å². The first kappa shape index (κ1) is 14.7. The molecule has 0 aliphatic carbocycles. The molecular weight excluding hydrogens is 350 g/mol. The number of hydrogen-bond donors (Lipinski definition) is 0. The molecular formula is C15H9N3O2S3. The fraction of sp³-hybridized carbons (Fsp3) is 0. The highest BCUT2D eigenvalue weighted by atomic mass is 32.2. The van der Waals surface area contributed by atoms with E-state index in [0.717, 1.165) is 0 Å². The molecule has 0 radical (unpaired) electrons. The van der Waals surface area contributed by atoms with Crippen molar-refractivity contribution in [2.24, 2.45) is 0 Å². The Kier molecular flexibility index (Phi) is 3.80. The van der Waals surface area contributed by atoms with E-state index in [1.807, 2.05) is 12.1 Å². The number of fused-ring (bicyclic) bond motifs is 6. The first-order valence-corrected chi connectivity index (χ1v) is 9.75. The van der Waals surface area contributed by atoms with Crippen LogP contribution in [0.5, 0.6) is 0 Å². The van der Waals surface area contributed by atoms with Crippen LogP contribution in [0.2, 0.25) is 0 Å². The average Bonchev–Trinajstić information content (AvgIpc) is 2.60. The van der Waals surface area contributed by atoms with Gasteiger partial charge in [-0.05, 0) is 36.4 Å². The van der Waals surface area contributed by atoms with Crippen LogP contribution in [0, 0.1) is 0 Å². The zero-order valence-electron chi connectivity index (χ0n) is 11.6. The molecule has 5 nitrogen and oxygen atoms in total. The maximum absolute atomic E-state index is 12.7. The van der Waals surface area contributed by atoms with Gasteiger partial charge >= 0.3 is 0 Å². The minimum absolute atomic E-state index is 0.335. The van der Waals surface area contributed by atoms with Gasteiger partial charge in [-0.1, -0.05) is 30.0 Å². The largest absolute Gasteiger partial charge is 0.246 e. The topological polar surface area (TPSA) is 72.8 Å². The number of nitrogens with zero attached hydrogens (tertiary/aromatic N) is 3. The van der Waals surface area contributed by atoms with Crippen molar-refractivity contribution >= 4 is 33.4 Å². The number of rotatable bonds is 0. The third-order valence-corrected chi connectivity index (χ3v) is 6.36. The van der Waals surface area contributed by atoms with E-state index in [0.29, 0.717) is 30.2 Å². The second-order valence-corrected chi connectivity index (χ2v) is 8.37. The molecule has 3 aromatic heterocycles. The van der Waals surface area contributed by atoms with Crippen molar-refractivity contribution in [2.45, 2.75) is 30.2 Å². The first-order valence-electron chi connectivity index (χ1n) is 6.63. The van der Waals surface area contributed by atoms with Gasteiger partial charge in [0, 0.05) is 0 Å². The van der Waals surface area contributed by atoms with Gasteiger partial charge in [-0.25, -0.2) is 23.4 Å². The van der Waals surface area contributed by atoms with E-state index >= 15 is 0 Å². The van der Waals surface area contributed by atoms with Crippen LogP contribution in [0.1, 0.15) is 0 Å². The second-order valence-electron chi connectivity index (χ2n) is 4.58. The van der Waals surface area contributed by atoms with Crippen LogP contribution < -0.4 is 0 Å². The molecule has 114 valence electrons. The molecule has 23 heavy (non-hydrogen) atoms. The smallest absolute Gasteiger partial charge is 0.135 e. The Morgan fingerprint density at radius 2 is 1.00 bits per heavy atom. The lowest BCUT2D eigenvalue weighted by Gasteiger charge is -2.08. The summed E-state index contributed by atoms with van der Waals surface area (Å²) in [5, 5.41) is 2.87. The molecule has 0 unspecified atom stereocenters. The van der Waals surface area contributed by atoms with Crippen LogP contribution in [0.15, 0.2) is 84.8 Å². The van der Waals surface area contributed by atoms with E-state index < -0.39 is 21.6 Å². The Morgan fingerprint density at radius 1 is 0.609 bits per heavy atom. The number of hydrogen-bond acceptors (Lipinski definition) is 6. The Labute approximate surface area is 141 Å². The third-order valence-electron chi connectivity index (χ3n) is 3.06. The van der Waals surface area contributed by atoms with Gasteiger partial charge in [-0.2, -0.15) is 0 Å².